The number of benzene rings is 1. The van der Waals surface area contributed by atoms with Gasteiger partial charge < -0.3 is 0 Å². The highest BCUT2D eigenvalue weighted by Gasteiger charge is 2.20. The first-order valence-corrected chi connectivity index (χ1v) is 7.08. The van der Waals surface area contributed by atoms with E-state index >= 15 is 0 Å². The molecule has 21 heavy (non-hydrogen) atoms. The quantitative estimate of drug-likeness (QED) is 0.787. The van der Waals surface area contributed by atoms with Crippen molar-refractivity contribution in [3.05, 3.63) is 51.8 Å². The number of rotatable bonds is 5. The van der Waals surface area contributed by atoms with Crippen LogP contribution in [0.2, 0.25) is 5.02 Å². The number of halogens is 3. The summed E-state index contributed by atoms with van der Waals surface area (Å²) in [4.78, 5) is 12.2. The van der Waals surface area contributed by atoms with E-state index in [0.717, 1.165) is 12.1 Å². The van der Waals surface area contributed by atoms with Gasteiger partial charge in [0.05, 0.1) is 28.4 Å². The molecule has 0 aliphatic heterocycles. The zero-order valence-electron chi connectivity index (χ0n) is 11.8. The third kappa shape index (κ3) is 3.13. The van der Waals surface area contributed by atoms with Crippen molar-refractivity contribution < 1.29 is 13.6 Å². The summed E-state index contributed by atoms with van der Waals surface area (Å²) in [5.74, 6) is -2.03. The summed E-state index contributed by atoms with van der Waals surface area (Å²) >= 11 is 6.22. The van der Waals surface area contributed by atoms with E-state index in [1.807, 2.05) is 13.8 Å². The van der Waals surface area contributed by atoms with Crippen LogP contribution in [0.5, 0.6) is 0 Å². The molecule has 1 aromatic heterocycles. The number of hydrogen-bond donors (Lipinski definition) is 0. The molecule has 2 aromatic rings. The fourth-order valence-electron chi connectivity index (χ4n) is 2.15. The van der Waals surface area contributed by atoms with Gasteiger partial charge in [0.2, 0.25) is 0 Å². The summed E-state index contributed by atoms with van der Waals surface area (Å²) in [7, 11) is 0. The minimum atomic E-state index is -0.866. The van der Waals surface area contributed by atoms with Crippen LogP contribution in [0.1, 0.15) is 35.6 Å². The Kier molecular flexibility index (Phi) is 4.73. The Hall–Kier alpha value is -1.75. The monoisotopic (exact) mass is 312 g/mol. The van der Waals surface area contributed by atoms with E-state index in [2.05, 4.69) is 5.10 Å². The fourth-order valence-corrected chi connectivity index (χ4v) is 2.48. The zero-order chi connectivity index (χ0) is 15.6. The third-order valence-corrected chi connectivity index (χ3v) is 3.69. The molecule has 0 amide bonds. The van der Waals surface area contributed by atoms with E-state index in [1.165, 1.54) is 0 Å². The molecule has 0 fully saturated rings. The van der Waals surface area contributed by atoms with Gasteiger partial charge in [-0.1, -0.05) is 18.5 Å². The number of aromatic nitrogens is 2. The molecule has 3 nitrogen and oxygen atoms in total. The lowest BCUT2D eigenvalue weighted by Crippen LogP contribution is -2.11. The minimum absolute atomic E-state index is 0.0672. The van der Waals surface area contributed by atoms with Gasteiger partial charge in [0, 0.05) is 12.6 Å². The maximum atomic E-state index is 13.6. The van der Waals surface area contributed by atoms with Crippen molar-refractivity contribution in [3.63, 3.8) is 0 Å². The average Bonchev–Trinajstić information content (AvgIpc) is 2.75. The summed E-state index contributed by atoms with van der Waals surface area (Å²) in [6.45, 7) is 4.36. The number of Topliss-reactive ketones (excluding diaryl/α,β-unsaturated/α-hetero) is 1. The second kappa shape index (κ2) is 6.35. The summed E-state index contributed by atoms with van der Waals surface area (Å²) in [5, 5.41) is 4.75. The first-order valence-electron chi connectivity index (χ1n) is 6.70. The second-order valence-corrected chi connectivity index (χ2v) is 4.98. The molecule has 0 spiro atoms. The van der Waals surface area contributed by atoms with Gasteiger partial charge in [-0.25, -0.2) is 8.78 Å². The number of aryl methyl sites for hydroxylation is 2. The molecule has 1 aromatic carbocycles. The lowest BCUT2D eigenvalue weighted by Gasteiger charge is -2.06. The molecule has 0 bridgehead atoms. The van der Waals surface area contributed by atoms with Gasteiger partial charge in [0.15, 0.2) is 5.78 Å². The van der Waals surface area contributed by atoms with Crippen molar-refractivity contribution in [1.29, 1.82) is 0 Å². The molecule has 0 unspecified atom stereocenters. The minimum Gasteiger partial charge on any atom is -0.294 e. The summed E-state index contributed by atoms with van der Waals surface area (Å²) < 4.78 is 28.2. The molecule has 0 aliphatic carbocycles. The number of ketones is 1. The largest absolute Gasteiger partial charge is 0.294 e. The normalized spacial score (nSPS) is 10.9. The first kappa shape index (κ1) is 15.6. The van der Waals surface area contributed by atoms with E-state index in [0.29, 0.717) is 35.4 Å². The molecule has 0 N–H and O–H groups in total. The Morgan fingerprint density at radius 1 is 1.33 bits per heavy atom. The highest BCUT2D eigenvalue weighted by Crippen LogP contribution is 2.23. The van der Waals surface area contributed by atoms with Gasteiger partial charge in [-0.3, -0.25) is 9.48 Å². The Morgan fingerprint density at radius 2 is 2.05 bits per heavy atom. The molecule has 1 heterocycles. The first-order chi connectivity index (χ1) is 9.97. The SMILES string of the molecule is CCc1nn(CC)c(CC(=O)c2ccc(F)cc2F)c1Cl. The number of carbonyl (C=O) groups excluding carboxylic acids is 1. The lowest BCUT2D eigenvalue weighted by atomic mass is 10.1. The van der Waals surface area contributed by atoms with Crippen LogP contribution in [0.3, 0.4) is 0 Å². The molecule has 112 valence electrons. The number of hydrogen-bond acceptors (Lipinski definition) is 2. The molecule has 0 aliphatic rings. The number of carbonyl (C=O) groups is 1. The predicted octanol–water partition coefficient (Wildman–Crippen LogP) is 3.82. The van der Waals surface area contributed by atoms with Crippen molar-refractivity contribution in [2.24, 2.45) is 0 Å². The van der Waals surface area contributed by atoms with Crippen LogP contribution in [-0.2, 0) is 19.4 Å². The van der Waals surface area contributed by atoms with E-state index in [-0.39, 0.29) is 12.0 Å². The Labute approximate surface area is 126 Å². The topological polar surface area (TPSA) is 34.9 Å². The molecule has 0 radical (unpaired) electrons. The lowest BCUT2D eigenvalue weighted by molar-refractivity contribution is 0.0986. The van der Waals surface area contributed by atoms with E-state index in [9.17, 15) is 13.6 Å². The van der Waals surface area contributed by atoms with Crippen LogP contribution in [-0.4, -0.2) is 15.6 Å². The van der Waals surface area contributed by atoms with Crippen LogP contribution < -0.4 is 0 Å². The standard InChI is InChI=1S/C15H15ClF2N2O/c1-3-12-15(16)13(20(4-2)19-12)8-14(21)10-6-5-9(17)7-11(10)18/h5-7H,3-4,8H2,1-2H3. The fraction of sp³-hybridized carbons (Fsp3) is 0.333. The van der Waals surface area contributed by atoms with Crippen LogP contribution in [0.25, 0.3) is 0 Å². The molecule has 2 rings (SSSR count). The number of nitrogens with zero attached hydrogens (tertiary/aromatic N) is 2. The van der Waals surface area contributed by atoms with Gasteiger partial charge in [-0.15, -0.1) is 0 Å². The Morgan fingerprint density at radius 3 is 2.62 bits per heavy atom. The highest BCUT2D eigenvalue weighted by molar-refractivity contribution is 6.32. The van der Waals surface area contributed by atoms with Crippen molar-refractivity contribution in [3.8, 4) is 0 Å². The summed E-state index contributed by atoms with van der Waals surface area (Å²) in [6, 6.07) is 2.91. The molecular formula is C15H15ClF2N2O. The Balaban J connectivity index is 2.33. The average molecular weight is 313 g/mol. The van der Waals surface area contributed by atoms with Gasteiger partial charge in [0.25, 0.3) is 0 Å². The van der Waals surface area contributed by atoms with Gasteiger partial charge in [-0.2, -0.15) is 5.10 Å². The van der Waals surface area contributed by atoms with Crippen molar-refractivity contribution >= 4 is 17.4 Å². The summed E-state index contributed by atoms with van der Waals surface area (Å²) in [5.41, 5.74) is 1.13. The van der Waals surface area contributed by atoms with E-state index in [1.54, 1.807) is 4.68 Å². The molecular weight excluding hydrogens is 298 g/mol. The predicted molar refractivity (Wildman–Crippen MR) is 76.7 cm³/mol. The highest BCUT2D eigenvalue weighted by atomic mass is 35.5. The van der Waals surface area contributed by atoms with Crippen LogP contribution in [0, 0.1) is 11.6 Å². The van der Waals surface area contributed by atoms with E-state index in [4.69, 9.17) is 11.6 Å². The smallest absolute Gasteiger partial charge is 0.171 e. The third-order valence-electron chi connectivity index (χ3n) is 3.25. The van der Waals surface area contributed by atoms with Crippen molar-refractivity contribution in [2.75, 3.05) is 0 Å². The maximum absolute atomic E-state index is 13.6. The van der Waals surface area contributed by atoms with Crippen LogP contribution in [0.15, 0.2) is 18.2 Å². The van der Waals surface area contributed by atoms with Gasteiger partial charge in [-0.05, 0) is 25.5 Å². The molecule has 0 saturated heterocycles. The van der Waals surface area contributed by atoms with Gasteiger partial charge in [0.1, 0.15) is 11.6 Å². The molecule has 0 atom stereocenters. The second-order valence-electron chi connectivity index (χ2n) is 4.60. The van der Waals surface area contributed by atoms with Crippen LogP contribution >= 0.6 is 11.6 Å². The molecule has 6 heteroatoms. The summed E-state index contributed by atoms with van der Waals surface area (Å²) in [6.07, 6.45) is 0.583. The maximum Gasteiger partial charge on any atom is 0.171 e. The van der Waals surface area contributed by atoms with E-state index < -0.39 is 17.4 Å². The van der Waals surface area contributed by atoms with Gasteiger partial charge >= 0.3 is 0 Å². The molecule has 0 saturated carbocycles. The van der Waals surface area contributed by atoms with Crippen molar-refractivity contribution in [1.82, 2.24) is 9.78 Å². The van der Waals surface area contributed by atoms with Crippen LogP contribution in [0.4, 0.5) is 8.78 Å². The Bertz CT molecular complexity index is 683. The van der Waals surface area contributed by atoms with Crippen molar-refractivity contribution in [2.45, 2.75) is 33.2 Å². The zero-order valence-corrected chi connectivity index (χ0v) is 12.5.